The second-order valence-corrected chi connectivity index (χ2v) is 8.59. The number of carbonyl (C=O) groups is 1. The summed E-state index contributed by atoms with van der Waals surface area (Å²) in [7, 11) is 0. The quantitative estimate of drug-likeness (QED) is 0.815. The van der Waals surface area contributed by atoms with Crippen LogP contribution in [0, 0.1) is 11.8 Å². The summed E-state index contributed by atoms with van der Waals surface area (Å²) < 4.78 is 0. The maximum absolute atomic E-state index is 12.9. The van der Waals surface area contributed by atoms with Gasteiger partial charge in [0.2, 0.25) is 5.91 Å². The Morgan fingerprint density at radius 1 is 1.19 bits per heavy atom. The van der Waals surface area contributed by atoms with Gasteiger partial charge in [-0.25, -0.2) is 0 Å². The van der Waals surface area contributed by atoms with E-state index in [-0.39, 0.29) is 12.2 Å². The van der Waals surface area contributed by atoms with Gasteiger partial charge in [-0.1, -0.05) is 34.1 Å². The van der Waals surface area contributed by atoms with Crippen LogP contribution < -0.4 is 5.32 Å². The molecule has 4 unspecified atom stereocenters. The van der Waals surface area contributed by atoms with E-state index in [4.69, 9.17) is 0 Å². The molecule has 21 heavy (non-hydrogen) atoms. The summed E-state index contributed by atoms with van der Waals surface area (Å²) in [6.07, 6.45) is 8.18. The van der Waals surface area contributed by atoms with Crippen LogP contribution >= 0.6 is 11.8 Å². The van der Waals surface area contributed by atoms with Crippen molar-refractivity contribution in [3.05, 3.63) is 0 Å². The number of carbonyl (C=O) groups excluding carboxylic acids is 1. The van der Waals surface area contributed by atoms with Crippen molar-refractivity contribution >= 4 is 17.7 Å². The first-order chi connectivity index (χ1) is 9.93. The molecule has 0 radical (unpaired) electrons. The van der Waals surface area contributed by atoms with E-state index in [0.717, 1.165) is 12.8 Å². The summed E-state index contributed by atoms with van der Waals surface area (Å²) in [5.74, 6) is 1.54. The Hall–Kier alpha value is -0.220. The maximum Gasteiger partial charge on any atom is 0.241 e. The highest BCUT2D eigenvalue weighted by molar-refractivity contribution is 7.99. The second-order valence-electron chi connectivity index (χ2n) is 7.51. The van der Waals surface area contributed by atoms with E-state index in [0.29, 0.717) is 29.0 Å². The van der Waals surface area contributed by atoms with Crippen molar-refractivity contribution in [2.75, 3.05) is 6.26 Å². The van der Waals surface area contributed by atoms with E-state index in [1.165, 1.54) is 19.3 Å². The van der Waals surface area contributed by atoms with E-state index < -0.39 is 0 Å². The summed E-state index contributed by atoms with van der Waals surface area (Å²) >= 11 is 1.94. The third-order valence-corrected chi connectivity index (χ3v) is 5.92. The van der Waals surface area contributed by atoms with Crippen molar-refractivity contribution in [3.63, 3.8) is 0 Å². The van der Waals surface area contributed by atoms with Crippen LogP contribution in [0.25, 0.3) is 0 Å². The molecule has 1 saturated heterocycles. The standard InChI is InChI=1S/C17H32N2OS/c1-11(2)9-13-17(20)19(16(18-13)10-12(3)4)14-7-6-8-15(14)21-5/h11-16,18H,6-10H2,1-5H3. The van der Waals surface area contributed by atoms with Crippen LogP contribution in [0.15, 0.2) is 0 Å². The zero-order valence-electron chi connectivity index (χ0n) is 14.3. The van der Waals surface area contributed by atoms with Crippen LogP contribution in [0.4, 0.5) is 0 Å². The molecule has 0 aromatic heterocycles. The lowest BCUT2D eigenvalue weighted by Gasteiger charge is -2.34. The minimum Gasteiger partial charge on any atom is -0.322 e. The fourth-order valence-corrected chi connectivity index (χ4v) is 4.86. The molecule has 1 aliphatic carbocycles. The lowest BCUT2D eigenvalue weighted by atomic mass is 10.0. The largest absolute Gasteiger partial charge is 0.322 e. The molecule has 2 rings (SSSR count). The van der Waals surface area contributed by atoms with Crippen LogP contribution in [-0.2, 0) is 4.79 Å². The Labute approximate surface area is 134 Å². The predicted molar refractivity (Wildman–Crippen MR) is 91.4 cm³/mol. The average Bonchev–Trinajstić information content (AvgIpc) is 2.94. The molecule has 4 atom stereocenters. The molecule has 2 aliphatic rings. The highest BCUT2D eigenvalue weighted by atomic mass is 32.2. The Bertz CT molecular complexity index is 359. The van der Waals surface area contributed by atoms with E-state index in [2.05, 4.69) is 44.2 Å². The second kappa shape index (κ2) is 7.36. The summed E-state index contributed by atoms with van der Waals surface area (Å²) in [6, 6.07) is 0.484. The Balaban J connectivity index is 2.15. The number of thioether (sulfide) groups is 1. The van der Waals surface area contributed by atoms with Crippen molar-refractivity contribution < 1.29 is 4.79 Å². The fourth-order valence-electron chi connectivity index (χ4n) is 3.88. The first-order valence-corrected chi connectivity index (χ1v) is 9.83. The third-order valence-electron chi connectivity index (χ3n) is 4.76. The summed E-state index contributed by atoms with van der Waals surface area (Å²) in [4.78, 5) is 15.2. The van der Waals surface area contributed by atoms with Crippen molar-refractivity contribution in [2.24, 2.45) is 11.8 Å². The van der Waals surface area contributed by atoms with Gasteiger partial charge in [0, 0.05) is 11.3 Å². The van der Waals surface area contributed by atoms with Crippen LogP contribution in [0.2, 0.25) is 0 Å². The van der Waals surface area contributed by atoms with Gasteiger partial charge in [0.25, 0.3) is 0 Å². The number of hydrogen-bond donors (Lipinski definition) is 1. The SMILES string of the molecule is CSC1CCCC1N1C(=O)C(CC(C)C)NC1CC(C)C. The topological polar surface area (TPSA) is 32.3 Å². The Morgan fingerprint density at radius 3 is 2.43 bits per heavy atom. The number of amides is 1. The van der Waals surface area contributed by atoms with Crippen LogP contribution in [0.5, 0.6) is 0 Å². The molecule has 3 nitrogen and oxygen atoms in total. The number of nitrogens with zero attached hydrogens (tertiary/aromatic N) is 1. The van der Waals surface area contributed by atoms with Gasteiger partial charge < -0.3 is 4.90 Å². The number of hydrogen-bond acceptors (Lipinski definition) is 3. The zero-order chi connectivity index (χ0) is 15.6. The van der Waals surface area contributed by atoms with Gasteiger partial charge in [-0.15, -0.1) is 0 Å². The first-order valence-electron chi connectivity index (χ1n) is 8.55. The van der Waals surface area contributed by atoms with E-state index >= 15 is 0 Å². The van der Waals surface area contributed by atoms with E-state index in [1.807, 2.05) is 11.8 Å². The normalized spacial score (nSPS) is 33.7. The monoisotopic (exact) mass is 312 g/mol. The average molecular weight is 313 g/mol. The molecule has 0 aromatic carbocycles. The third kappa shape index (κ3) is 3.95. The number of nitrogens with one attached hydrogen (secondary N) is 1. The van der Waals surface area contributed by atoms with Gasteiger partial charge in [0.1, 0.15) is 0 Å². The first kappa shape index (κ1) is 17.1. The van der Waals surface area contributed by atoms with Gasteiger partial charge >= 0.3 is 0 Å². The lowest BCUT2D eigenvalue weighted by molar-refractivity contribution is -0.132. The molecule has 122 valence electrons. The molecular formula is C17H32N2OS. The highest BCUT2D eigenvalue weighted by Gasteiger charge is 2.45. The van der Waals surface area contributed by atoms with E-state index in [9.17, 15) is 4.79 Å². The lowest BCUT2D eigenvalue weighted by Crippen LogP contribution is -2.47. The van der Waals surface area contributed by atoms with Gasteiger partial charge in [-0.2, -0.15) is 11.8 Å². The molecule has 1 saturated carbocycles. The van der Waals surface area contributed by atoms with Crippen LogP contribution in [-0.4, -0.2) is 40.6 Å². The highest BCUT2D eigenvalue weighted by Crippen LogP contribution is 2.36. The van der Waals surface area contributed by atoms with Crippen LogP contribution in [0.1, 0.15) is 59.8 Å². The smallest absolute Gasteiger partial charge is 0.241 e. The molecular weight excluding hydrogens is 280 g/mol. The summed E-state index contributed by atoms with van der Waals surface area (Å²) in [5, 5.41) is 4.27. The molecule has 4 heteroatoms. The molecule has 1 amide bonds. The van der Waals surface area contributed by atoms with Gasteiger partial charge in [-0.05, 0) is 43.8 Å². The predicted octanol–water partition coefficient (Wildman–Crippen LogP) is 3.49. The minimum absolute atomic E-state index is 0.0388. The molecule has 0 bridgehead atoms. The van der Waals surface area contributed by atoms with Gasteiger partial charge in [0.15, 0.2) is 0 Å². The minimum atomic E-state index is 0.0388. The zero-order valence-corrected chi connectivity index (χ0v) is 15.1. The molecule has 2 fully saturated rings. The molecule has 0 spiro atoms. The van der Waals surface area contributed by atoms with Gasteiger partial charge in [0.05, 0.1) is 12.2 Å². The van der Waals surface area contributed by atoms with Crippen molar-refractivity contribution in [1.29, 1.82) is 0 Å². The molecule has 0 aromatic rings. The van der Waals surface area contributed by atoms with Crippen molar-refractivity contribution in [3.8, 4) is 0 Å². The number of rotatable bonds is 6. The Morgan fingerprint density at radius 2 is 1.86 bits per heavy atom. The summed E-state index contributed by atoms with van der Waals surface area (Å²) in [5.41, 5.74) is 0. The van der Waals surface area contributed by atoms with Crippen molar-refractivity contribution in [2.45, 2.75) is 83.3 Å². The van der Waals surface area contributed by atoms with Crippen molar-refractivity contribution in [1.82, 2.24) is 10.2 Å². The molecule has 1 heterocycles. The molecule has 1 N–H and O–H groups in total. The molecule has 1 aliphatic heterocycles. The maximum atomic E-state index is 12.9. The fraction of sp³-hybridized carbons (Fsp3) is 0.941. The van der Waals surface area contributed by atoms with Crippen LogP contribution in [0.3, 0.4) is 0 Å². The van der Waals surface area contributed by atoms with E-state index in [1.54, 1.807) is 0 Å². The summed E-state index contributed by atoms with van der Waals surface area (Å²) in [6.45, 7) is 8.91. The van der Waals surface area contributed by atoms with Gasteiger partial charge in [-0.3, -0.25) is 10.1 Å². The Kier molecular flexibility index (Phi) is 6.01.